The Morgan fingerprint density at radius 1 is 1.00 bits per heavy atom. The molecular formula is C21H32ClN3O2. The predicted octanol–water partition coefficient (Wildman–Crippen LogP) is 3.97. The Morgan fingerprint density at radius 3 is 2.04 bits per heavy atom. The molecule has 1 aromatic carbocycles. The number of piperazine rings is 1. The van der Waals surface area contributed by atoms with E-state index in [0.29, 0.717) is 6.42 Å². The van der Waals surface area contributed by atoms with Gasteiger partial charge in [-0.25, -0.2) is 0 Å². The van der Waals surface area contributed by atoms with Crippen molar-refractivity contribution in [3.8, 4) is 0 Å². The van der Waals surface area contributed by atoms with Gasteiger partial charge in [0.25, 0.3) is 0 Å². The Labute approximate surface area is 168 Å². The van der Waals surface area contributed by atoms with Gasteiger partial charge in [0.1, 0.15) is 0 Å². The van der Waals surface area contributed by atoms with Crippen LogP contribution in [0.2, 0.25) is 0 Å². The van der Waals surface area contributed by atoms with E-state index in [-0.39, 0.29) is 23.1 Å². The van der Waals surface area contributed by atoms with Gasteiger partial charge in [-0.15, -0.1) is 11.6 Å². The first-order valence-corrected chi connectivity index (χ1v) is 10.1. The van der Waals surface area contributed by atoms with Crippen LogP contribution < -0.4 is 10.2 Å². The second kappa shape index (κ2) is 8.51. The fourth-order valence-electron chi connectivity index (χ4n) is 2.90. The summed E-state index contributed by atoms with van der Waals surface area (Å²) in [5.41, 5.74) is 1.29. The summed E-state index contributed by atoms with van der Waals surface area (Å²) in [6.45, 7) is 13.1. The van der Waals surface area contributed by atoms with E-state index in [1.165, 1.54) is 0 Å². The lowest BCUT2D eigenvalue weighted by Crippen LogP contribution is -2.49. The van der Waals surface area contributed by atoms with E-state index in [4.69, 9.17) is 11.6 Å². The summed E-state index contributed by atoms with van der Waals surface area (Å²) in [7, 11) is 0. The van der Waals surface area contributed by atoms with E-state index in [2.05, 4.69) is 31.0 Å². The second-order valence-electron chi connectivity index (χ2n) is 9.12. The molecule has 6 heteroatoms. The molecule has 1 heterocycles. The van der Waals surface area contributed by atoms with Gasteiger partial charge in [0, 0.05) is 49.9 Å². The number of nitrogens with zero attached hydrogens (tertiary/aromatic N) is 2. The van der Waals surface area contributed by atoms with Crippen molar-refractivity contribution in [3.63, 3.8) is 0 Å². The van der Waals surface area contributed by atoms with Crippen molar-refractivity contribution >= 4 is 34.8 Å². The molecule has 5 nitrogen and oxygen atoms in total. The number of rotatable bonds is 5. The van der Waals surface area contributed by atoms with Crippen molar-refractivity contribution in [2.75, 3.05) is 42.3 Å². The molecule has 1 saturated heterocycles. The predicted molar refractivity (Wildman–Crippen MR) is 112 cm³/mol. The summed E-state index contributed by atoms with van der Waals surface area (Å²) in [6, 6.07) is 7.84. The number of hydrogen-bond donors (Lipinski definition) is 1. The standard InChI is InChI=1S/C21H32ClN3O2/c1-20(2,3)14-18(26)25-12-10-24(11-13-25)17-8-6-16(7-9-17)23-19(27)21(4,5)15-22/h6-9H,10-15H2,1-5H3,(H,23,27). The van der Waals surface area contributed by atoms with Crippen LogP contribution in [-0.2, 0) is 9.59 Å². The van der Waals surface area contributed by atoms with Gasteiger partial charge in [0.15, 0.2) is 0 Å². The number of anilines is 2. The van der Waals surface area contributed by atoms with Crippen molar-refractivity contribution < 1.29 is 9.59 Å². The smallest absolute Gasteiger partial charge is 0.231 e. The zero-order valence-corrected chi connectivity index (χ0v) is 17.9. The van der Waals surface area contributed by atoms with Crippen LogP contribution in [0.4, 0.5) is 11.4 Å². The molecule has 0 saturated carbocycles. The lowest BCUT2D eigenvalue weighted by molar-refractivity contribution is -0.133. The normalized spacial score (nSPS) is 15.6. The average molecular weight is 394 g/mol. The second-order valence-corrected chi connectivity index (χ2v) is 9.39. The van der Waals surface area contributed by atoms with Gasteiger partial charge in [-0.3, -0.25) is 9.59 Å². The minimum atomic E-state index is -0.601. The molecule has 0 bridgehead atoms. The van der Waals surface area contributed by atoms with Crippen LogP contribution in [0.25, 0.3) is 0 Å². The van der Waals surface area contributed by atoms with E-state index < -0.39 is 5.41 Å². The first-order chi connectivity index (χ1) is 12.5. The Kier molecular flexibility index (Phi) is 6.79. The van der Waals surface area contributed by atoms with Crippen molar-refractivity contribution in [2.24, 2.45) is 10.8 Å². The molecule has 0 aromatic heterocycles. The molecule has 0 radical (unpaired) electrons. The maximum Gasteiger partial charge on any atom is 0.231 e. The molecule has 0 spiro atoms. The number of carbonyl (C=O) groups excluding carboxylic acids is 2. The molecule has 1 fully saturated rings. The lowest BCUT2D eigenvalue weighted by atomic mass is 9.91. The van der Waals surface area contributed by atoms with Gasteiger partial charge < -0.3 is 15.1 Å². The van der Waals surface area contributed by atoms with Gasteiger partial charge >= 0.3 is 0 Å². The monoisotopic (exact) mass is 393 g/mol. The Morgan fingerprint density at radius 2 is 1.56 bits per heavy atom. The summed E-state index contributed by atoms with van der Waals surface area (Å²) in [4.78, 5) is 28.8. The van der Waals surface area contributed by atoms with Crippen LogP contribution in [0.1, 0.15) is 41.0 Å². The molecular weight excluding hydrogens is 362 g/mol. The van der Waals surface area contributed by atoms with Crippen LogP contribution in [0.15, 0.2) is 24.3 Å². The van der Waals surface area contributed by atoms with E-state index in [1.54, 1.807) is 0 Å². The Hall–Kier alpha value is -1.75. The third-order valence-corrected chi connectivity index (χ3v) is 5.42. The van der Waals surface area contributed by atoms with Crippen molar-refractivity contribution in [1.82, 2.24) is 4.90 Å². The van der Waals surface area contributed by atoms with Crippen molar-refractivity contribution in [1.29, 1.82) is 0 Å². The van der Waals surface area contributed by atoms with Crippen LogP contribution in [0, 0.1) is 10.8 Å². The number of hydrogen-bond acceptors (Lipinski definition) is 3. The number of nitrogens with one attached hydrogen (secondary N) is 1. The maximum absolute atomic E-state index is 12.4. The summed E-state index contributed by atoms with van der Waals surface area (Å²) >= 11 is 5.85. The largest absolute Gasteiger partial charge is 0.368 e. The number of carbonyl (C=O) groups is 2. The number of alkyl halides is 1. The van der Waals surface area contributed by atoms with Crippen LogP contribution in [0.3, 0.4) is 0 Å². The number of benzene rings is 1. The zero-order valence-electron chi connectivity index (χ0n) is 17.1. The quantitative estimate of drug-likeness (QED) is 0.770. The van der Waals surface area contributed by atoms with E-state index in [1.807, 2.05) is 43.0 Å². The Balaban J connectivity index is 1.90. The zero-order chi connectivity index (χ0) is 20.2. The number of amides is 2. The molecule has 1 N–H and O–H groups in total. The molecule has 0 unspecified atom stereocenters. The summed E-state index contributed by atoms with van der Waals surface area (Å²) in [5.74, 6) is 0.424. The maximum atomic E-state index is 12.4. The highest BCUT2D eigenvalue weighted by atomic mass is 35.5. The molecule has 2 amide bonds. The minimum Gasteiger partial charge on any atom is -0.368 e. The fraction of sp³-hybridized carbons (Fsp3) is 0.619. The Bertz CT molecular complexity index is 657. The van der Waals surface area contributed by atoms with Gasteiger partial charge in [0.05, 0.1) is 5.41 Å². The van der Waals surface area contributed by atoms with Gasteiger partial charge in [-0.1, -0.05) is 20.8 Å². The first kappa shape index (κ1) is 21.5. The van der Waals surface area contributed by atoms with Crippen molar-refractivity contribution in [2.45, 2.75) is 41.0 Å². The van der Waals surface area contributed by atoms with E-state index in [0.717, 1.165) is 37.6 Å². The third kappa shape index (κ3) is 6.13. The number of halogens is 1. The summed E-state index contributed by atoms with van der Waals surface area (Å²) < 4.78 is 0. The highest BCUT2D eigenvalue weighted by Crippen LogP contribution is 2.24. The van der Waals surface area contributed by atoms with Crippen LogP contribution in [0.5, 0.6) is 0 Å². The topological polar surface area (TPSA) is 52.7 Å². The van der Waals surface area contributed by atoms with Crippen molar-refractivity contribution in [3.05, 3.63) is 24.3 Å². The van der Waals surface area contributed by atoms with Gasteiger partial charge in [0.2, 0.25) is 11.8 Å². The molecule has 27 heavy (non-hydrogen) atoms. The highest BCUT2D eigenvalue weighted by molar-refractivity contribution is 6.20. The molecule has 2 rings (SSSR count). The fourth-order valence-corrected chi connectivity index (χ4v) is 3.02. The molecule has 0 aliphatic carbocycles. The third-order valence-electron chi connectivity index (χ3n) is 4.75. The minimum absolute atomic E-state index is 0.0203. The summed E-state index contributed by atoms with van der Waals surface area (Å²) in [5, 5.41) is 2.91. The average Bonchev–Trinajstić information content (AvgIpc) is 2.61. The van der Waals surface area contributed by atoms with E-state index in [9.17, 15) is 9.59 Å². The van der Waals surface area contributed by atoms with Crippen LogP contribution >= 0.6 is 11.6 Å². The molecule has 0 atom stereocenters. The first-order valence-electron chi connectivity index (χ1n) is 9.52. The molecule has 1 aromatic rings. The van der Waals surface area contributed by atoms with Gasteiger partial charge in [-0.2, -0.15) is 0 Å². The summed E-state index contributed by atoms with van der Waals surface area (Å²) in [6.07, 6.45) is 0.583. The lowest BCUT2D eigenvalue weighted by Gasteiger charge is -2.37. The molecule has 1 aliphatic rings. The van der Waals surface area contributed by atoms with E-state index >= 15 is 0 Å². The highest BCUT2D eigenvalue weighted by Gasteiger charge is 2.27. The molecule has 1 aliphatic heterocycles. The van der Waals surface area contributed by atoms with Gasteiger partial charge in [-0.05, 0) is 43.5 Å². The SMILES string of the molecule is CC(C)(C)CC(=O)N1CCN(c2ccc(NC(=O)C(C)(C)CCl)cc2)CC1. The molecule has 150 valence electrons. The van der Waals surface area contributed by atoms with Crippen LogP contribution in [-0.4, -0.2) is 48.8 Å².